The number of benzene rings is 2. The van der Waals surface area contributed by atoms with Gasteiger partial charge in [0.25, 0.3) is 0 Å². The fourth-order valence-corrected chi connectivity index (χ4v) is 2.53. The summed E-state index contributed by atoms with van der Waals surface area (Å²) in [4.78, 5) is 0. The first-order valence-corrected chi connectivity index (χ1v) is 6.68. The van der Waals surface area contributed by atoms with E-state index >= 15 is 0 Å². The van der Waals surface area contributed by atoms with Crippen molar-refractivity contribution in [3.05, 3.63) is 63.6 Å². The van der Waals surface area contributed by atoms with Gasteiger partial charge in [-0.3, -0.25) is 0 Å². The van der Waals surface area contributed by atoms with Crippen LogP contribution in [-0.2, 0) is 5.60 Å². The van der Waals surface area contributed by atoms with Crippen molar-refractivity contribution < 1.29 is 18.6 Å². The molecule has 0 aliphatic rings. The lowest BCUT2D eigenvalue weighted by Gasteiger charge is -2.27. The summed E-state index contributed by atoms with van der Waals surface area (Å²) < 4.78 is 33.5. The van der Waals surface area contributed by atoms with E-state index < -0.39 is 17.2 Å². The maximum Gasteiger partial charge on any atom is 0.143 e. The molecule has 5 heteroatoms. The Morgan fingerprint density at radius 1 is 1.15 bits per heavy atom. The topological polar surface area (TPSA) is 29.5 Å². The zero-order chi connectivity index (χ0) is 14.9. The van der Waals surface area contributed by atoms with Crippen LogP contribution in [0.3, 0.4) is 0 Å². The second-order valence-corrected chi connectivity index (χ2v) is 5.35. The molecule has 0 saturated carbocycles. The van der Waals surface area contributed by atoms with E-state index in [0.29, 0.717) is 0 Å². The molecule has 2 rings (SSSR count). The van der Waals surface area contributed by atoms with Crippen molar-refractivity contribution in [1.82, 2.24) is 0 Å². The summed E-state index contributed by atoms with van der Waals surface area (Å²) in [6, 6.07) is 8.67. The van der Waals surface area contributed by atoms with E-state index in [1.807, 2.05) is 0 Å². The highest BCUT2D eigenvalue weighted by atomic mass is 79.9. The van der Waals surface area contributed by atoms with E-state index in [9.17, 15) is 13.9 Å². The molecule has 0 aliphatic heterocycles. The Morgan fingerprint density at radius 2 is 1.80 bits per heavy atom. The Labute approximate surface area is 124 Å². The van der Waals surface area contributed by atoms with E-state index in [4.69, 9.17) is 4.74 Å². The predicted molar refractivity (Wildman–Crippen MR) is 75.7 cm³/mol. The van der Waals surface area contributed by atoms with Crippen LogP contribution >= 0.6 is 15.9 Å². The Bertz CT molecular complexity index is 642. The number of halogens is 3. The van der Waals surface area contributed by atoms with Gasteiger partial charge >= 0.3 is 0 Å². The Hall–Kier alpha value is -1.46. The van der Waals surface area contributed by atoms with Gasteiger partial charge in [-0.1, -0.05) is 18.2 Å². The number of methoxy groups -OCH3 is 1. The van der Waals surface area contributed by atoms with Gasteiger partial charge in [0.2, 0.25) is 0 Å². The summed E-state index contributed by atoms with van der Waals surface area (Å²) in [6.07, 6.45) is 0. The molecule has 1 atom stereocenters. The summed E-state index contributed by atoms with van der Waals surface area (Å²) in [6.45, 7) is 1.33. The predicted octanol–water partition coefficient (Wildman–Crippen LogP) is 3.99. The van der Waals surface area contributed by atoms with Gasteiger partial charge in [0.1, 0.15) is 23.0 Å². The molecule has 0 spiro atoms. The molecule has 0 heterocycles. The van der Waals surface area contributed by atoms with E-state index in [1.165, 1.54) is 44.4 Å². The van der Waals surface area contributed by atoms with Crippen molar-refractivity contribution in [2.75, 3.05) is 7.11 Å². The van der Waals surface area contributed by atoms with E-state index in [2.05, 4.69) is 15.9 Å². The fourth-order valence-electron chi connectivity index (χ4n) is 2.16. The second kappa shape index (κ2) is 5.50. The largest absolute Gasteiger partial charge is 0.496 e. The molecule has 106 valence electrons. The highest BCUT2D eigenvalue weighted by Gasteiger charge is 2.35. The van der Waals surface area contributed by atoms with Crippen molar-refractivity contribution in [1.29, 1.82) is 0 Å². The Kier molecular flexibility index (Phi) is 4.11. The van der Waals surface area contributed by atoms with Gasteiger partial charge in [0.05, 0.1) is 17.1 Å². The van der Waals surface area contributed by atoms with Gasteiger partial charge < -0.3 is 9.84 Å². The van der Waals surface area contributed by atoms with Crippen LogP contribution in [0, 0.1) is 11.6 Å². The zero-order valence-corrected chi connectivity index (χ0v) is 12.5. The number of hydrogen-bond acceptors (Lipinski definition) is 2. The van der Waals surface area contributed by atoms with E-state index in [-0.39, 0.29) is 21.3 Å². The minimum atomic E-state index is -1.86. The molecule has 2 aromatic carbocycles. The molecule has 0 aromatic heterocycles. The molecule has 0 saturated heterocycles. The van der Waals surface area contributed by atoms with Crippen molar-refractivity contribution in [3.8, 4) is 5.75 Å². The molecule has 20 heavy (non-hydrogen) atoms. The minimum Gasteiger partial charge on any atom is -0.496 e. The molecule has 2 nitrogen and oxygen atoms in total. The number of ether oxygens (including phenoxy) is 1. The minimum absolute atomic E-state index is 0.0322. The van der Waals surface area contributed by atoms with Crippen LogP contribution in [0.1, 0.15) is 18.1 Å². The third-order valence-electron chi connectivity index (χ3n) is 3.16. The molecular formula is C15H13BrF2O2. The maximum atomic E-state index is 14.2. The van der Waals surface area contributed by atoms with Gasteiger partial charge in [0, 0.05) is 5.56 Å². The van der Waals surface area contributed by atoms with Crippen molar-refractivity contribution >= 4 is 15.9 Å². The molecule has 2 aromatic rings. The Balaban J connectivity index is 2.70. The van der Waals surface area contributed by atoms with Crippen LogP contribution in [0.4, 0.5) is 8.78 Å². The molecule has 0 fully saturated rings. The summed E-state index contributed by atoms with van der Waals surface area (Å²) in [5.74, 6) is -1.13. The maximum absolute atomic E-state index is 14.2. The van der Waals surface area contributed by atoms with Crippen LogP contribution < -0.4 is 4.74 Å². The number of hydrogen-bond donors (Lipinski definition) is 1. The summed E-state index contributed by atoms with van der Waals surface area (Å²) in [7, 11) is 1.37. The third kappa shape index (κ3) is 2.43. The van der Waals surface area contributed by atoms with Crippen LogP contribution in [-0.4, -0.2) is 12.2 Å². The summed E-state index contributed by atoms with van der Waals surface area (Å²) in [5, 5.41) is 10.7. The third-order valence-corrected chi connectivity index (χ3v) is 3.77. The first-order valence-electron chi connectivity index (χ1n) is 5.89. The van der Waals surface area contributed by atoms with Crippen LogP contribution in [0.5, 0.6) is 5.75 Å². The first kappa shape index (κ1) is 14.9. The van der Waals surface area contributed by atoms with Crippen LogP contribution in [0.15, 0.2) is 40.9 Å². The van der Waals surface area contributed by atoms with Crippen molar-refractivity contribution in [2.24, 2.45) is 0 Å². The number of aliphatic hydroxyl groups is 1. The average molecular weight is 343 g/mol. The highest BCUT2D eigenvalue weighted by molar-refractivity contribution is 9.10. The lowest BCUT2D eigenvalue weighted by Crippen LogP contribution is -2.26. The lowest BCUT2D eigenvalue weighted by atomic mass is 9.87. The zero-order valence-electron chi connectivity index (χ0n) is 11.0. The van der Waals surface area contributed by atoms with Gasteiger partial charge in [-0.15, -0.1) is 0 Å². The van der Waals surface area contributed by atoms with Crippen molar-refractivity contribution in [3.63, 3.8) is 0 Å². The molecular weight excluding hydrogens is 330 g/mol. The molecule has 0 amide bonds. The molecule has 1 N–H and O–H groups in total. The normalized spacial score (nSPS) is 13.9. The first-order chi connectivity index (χ1) is 9.39. The smallest absolute Gasteiger partial charge is 0.143 e. The van der Waals surface area contributed by atoms with Gasteiger partial charge in [0.15, 0.2) is 0 Å². The lowest BCUT2D eigenvalue weighted by molar-refractivity contribution is 0.0903. The Morgan fingerprint density at radius 3 is 2.45 bits per heavy atom. The number of rotatable bonds is 3. The molecule has 1 unspecified atom stereocenters. The summed E-state index contributed by atoms with van der Waals surface area (Å²) in [5.41, 5.74) is -1.99. The second-order valence-electron chi connectivity index (χ2n) is 4.49. The molecule has 0 bridgehead atoms. The molecule has 0 radical (unpaired) electrons. The monoisotopic (exact) mass is 342 g/mol. The quantitative estimate of drug-likeness (QED) is 0.913. The average Bonchev–Trinajstić information content (AvgIpc) is 2.41. The van der Waals surface area contributed by atoms with Crippen LogP contribution in [0.2, 0.25) is 0 Å². The van der Waals surface area contributed by atoms with Crippen molar-refractivity contribution in [2.45, 2.75) is 12.5 Å². The molecule has 0 aliphatic carbocycles. The fraction of sp³-hybridized carbons (Fsp3) is 0.200. The van der Waals surface area contributed by atoms with Gasteiger partial charge in [-0.25, -0.2) is 8.78 Å². The van der Waals surface area contributed by atoms with Gasteiger partial charge in [-0.05, 0) is 41.1 Å². The standard InChI is InChI=1S/C15H13BrF2O2/c1-15(19,9-5-3-6-10(16)14(9)18)13-11(17)7-4-8-12(13)20-2/h3-8,19H,1-2H3. The summed E-state index contributed by atoms with van der Waals surface area (Å²) >= 11 is 3.05. The van der Waals surface area contributed by atoms with Crippen LogP contribution in [0.25, 0.3) is 0 Å². The SMILES string of the molecule is COc1cccc(F)c1C(C)(O)c1cccc(Br)c1F. The van der Waals surface area contributed by atoms with E-state index in [1.54, 1.807) is 6.07 Å². The van der Waals surface area contributed by atoms with Gasteiger partial charge in [-0.2, -0.15) is 0 Å². The van der Waals surface area contributed by atoms with E-state index in [0.717, 1.165) is 0 Å². The highest BCUT2D eigenvalue weighted by Crippen LogP contribution is 2.39.